The van der Waals surface area contributed by atoms with E-state index < -0.39 is 17.4 Å². The molecule has 0 bridgehead atoms. The van der Waals surface area contributed by atoms with Crippen LogP contribution < -0.4 is 9.47 Å². The average molecular weight is 444 g/mol. The Kier molecular flexibility index (Phi) is 5.95. The van der Waals surface area contributed by atoms with Gasteiger partial charge in [-0.1, -0.05) is 19.1 Å². The Morgan fingerprint density at radius 1 is 1.12 bits per heavy atom. The maximum absolute atomic E-state index is 13.2. The summed E-state index contributed by atoms with van der Waals surface area (Å²) in [5, 5.41) is 12.0. The van der Waals surface area contributed by atoms with Gasteiger partial charge in [0.05, 0.1) is 14.2 Å². The molecular weight excluding hydrogens is 406 g/mol. The number of benzene rings is 1. The largest absolute Gasteiger partial charge is 0.497 e. The number of allylic oxidation sites excluding steroid dienone is 2. The van der Waals surface area contributed by atoms with Crippen LogP contribution in [0.1, 0.15) is 58.4 Å². The third kappa shape index (κ3) is 3.98. The van der Waals surface area contributed by atoms with E-state index in [0.717, 1.165) is 29.9 Å². The first kappa shape index (κ1) is 23.0. The first-order chi connectivity index (χ1) is 15.1. The molecule has 1 heterocycles. The van der Waals surface area contributed by atoms with Gasteiger partial charge in [-0.25, -0.2) is 4.79 Å². The van der Waals surface area contributed by atoms with Crippen LogP contribution in [-0.2, 0) is 4.74 Å². The lowest BCUT2D eigenvalue weighted by Crippen LogP contribution is -2.68. The van der Waals surface area contributed by atoms with Gasteiger partial charge >= 0.3 is 6.09 Å². The van der Waals surface area contributed by atoms with Gasteiger partial charge in [0.25, 0.3) is 0 Å². The lowest BCUT2D eigenvalue weighted by atomic mass is 9.54. The van der Waals surface area contributed by atoms with Crippen molar-refractivity contribution in [2.75, 3.05) is 20.8 Å². The number of hydrogen-bond donors (Lipinski definition) is 1. The molecule has 6 nitrogen and oxygen atoms in total. The standard InChI is InChI=1S/C26H37NO5/c1-16-15-27(24(28)32-25(2,3)4)26(29)11-7-8-17-9-10-21(22(16)23(17)26)18-12-19(30-5)14-20(13-18)31-6/h9-10,12-14,16-17,21-23,29H,7-8,11,15H2,1-6H3/t16-,17+,21+,22+,23+,26-/m0/s1. The van der Waals surface area contributed by atoms with Crippen molar-refractivity contribution < 1.29 is 24.1 Å². The summed E-state index contributed by atoms with van der Waals surface area (Å²) in [7, 11) is 3.32. The summed E-state index contributed by atoms with van der Waals surface area (Å²) < 4.78 is 16.7. The minimum absolute atomic E-state index is 0.0419. The zero-order valence-electron chi connectivity index (χ0n) is 20.1. The molecule has 1 saturated carbocycles. The fourth-order valence-electron chi connectivity index (χ4n) is 6.21. The van der Waals surface area contributed by atoms with Gasteiger partial charge in [-0.15, -0.1) is 0 Å². The second-order valence-corrected chi connectivity index (χ2v) is 10.7. The summed E-state index contributed by atoms with van der Waals surface area (Å²) in [4.78, 5) is 14.8. The van der Waals surface area contributed by atoms with Gasteiger partial charge in [0.2, 0.25) is 0 Å². The number of nitrogens with zero attached hydrogens (tertiary/aromatic N) is 1. The van der Waals surface area contributed by atoms with Gasteiger partial charge in [-0.3, -0.25) is 4.90 Å². The first-order valence-electron chi connectivity index (χ1n) is 11.7. The molecule has 1 saturated heterocycles. The topological polar surface area (TPSA) is 68.2 Å². The molecule has 6 heteroatoms. The fourth-order valence-corrected chi connectivity index (χ4v) is 6.21. The zero-order valence-corrected chi connectivity index (χ0v) is 20.1. The third-order valence-corrected chi connectivity index (χ3v) is 7.44. The fraction of sp³-hybridized carbons (Fsp3) is 0.654. The van der Waals surface area contributed by atoms with E-state index in [1.165, 1.54) is 0 Å². The minimum Gasteiger partial charge on any atom is -0.497 e. The molecule has 6 atom stereocenters. The van der Waals surface area contributed by atoms with Crippen LogP contribution in [0, 0.1) is 23.7 Å². The Morgan fingerprint density at radius 3 is 2.38 bits per heavy atom. The van der Waals surface area contributed by atoms with E-state index in [0.29, 0.717) is 13.0 Å². The van der Waals surface area contributed by atoms with Gasteiger partial charge in [-0.05, 0) is 75.5 Å². The number of carbonyl (C=O) groups is 1. The van der Waals surface area contributed by atoms with E-state index >= 15 is 0 Å². The number of likely N-dealkylation sites (tertiary alicyclic amines) is 1. The molecule has 32 heavy (non-hydrogen) atoms. The van der Waals surface area contributed by atoms with Crippen LogP contribution in [0.25, 0.3) is 0 Å². The van der Waals surface area contributed by atoms with E-state index in [9.17, 15) is 9.90 Å². The van der Waals surface area contributed by atoms with Crippen molar-refractivity contribution in [1.82, 2.24) is 4.90 Å². The van der Waals surface area contributed by atoms with Gasteiger partial charge in [0.1, 0.15) is 22.8 Å². The van der Waals surface area contributed by atoms with Crippen LogP contribution in [0.4, 0.5) is 4.79 Å². The van der Waals surface area contributed by atoms with Gasteiger partial charge in [0.15, 0.2) is 0 Å². The average Bonchev–Trinajstić information content (AvgIpc) is 2.74. The molecule has 1 amide bonds. The van der Waals surface area contributed by atoms with Crippen molar-refractivity contribution in [3.8, 4) is 11.5 Å². The van der Waals surface area contributed by atoms with Crippen molar-refractivity contribution in [3.05, 3.63) is 35.9 Å². The monoisotopic (exact) mass is 443 g/mol. The lowest BCUT2D eigenvalue weighted by Gasteiger charge is -2.60. The molecule has 1 aromatic rings. The number of ether oxygens (including phenoxy) is 3. The van der Waals surface area contributed by atoms with Gasteiger partial charge < -0.3 is 19.3 Å². The molecule has 0 spiro atoms. The summed E-state index contributed by atoms with van der Waals surface area (Å²) in [6.45, 7) is 8.26. The van der Waals surface area contributed by atoms with Crippen molar-refractivity contribution in [3.63, 3.8) is 0 Å². The van der Waals surface area contributed by atoms with E-state index in [4.69, 9.17) is 14.2 Å². The molecule has 2 fully saturated rings. The highest BCUT2D eigenvalue weighted by molar-refractivity contribution is 5.69. The van der Waals surface area contributed by atoms with Crippen molar-refractivity contribution >= 4 is 6.09 Å². The van der Waals surface area contributed by atoms with E-state index in [1.54, 1.807) is 19.1 Å². The highest BCUT2D eigenvalue weighted by Gasteiger charge is 2.60. The van der Waals surface area contributed by atoms with Crippen LogP contribution in [0.3, 0.4) is 0 Å². The van der Waals surface area contributed by atoms with Crippen molar-refractivity contribution in [2.24, 2.45) is 23.7 Å². The Balaban J connectivity index is 1.74. The molecule has 1 aromatic carbocycles. The van der Waals surface area contributed by atoms with Crippen molar-refractivity contribution in [2.45, 2.75) is 64.2 Å². The second-order valence-electron chi connectivity index (χ2n) is 10.7. The van der Waals surface area contributed by atoms with Crippen LogP contribution in [0.15, 0.2) is 30.4 Å². The number of amides is 1. The molecule has 1 aliphatic heterocycles. The number of methoxy groups -OCH3 is 2. The zero-order chi connectivity index (χ0) is 23.3. The third-order valence-electron chi connectivity index (χ3n) is 7.44. The van der Waals surface area contributed by atoms with E-state index in [1.807, 2.05) is 26.8 Å². The van der Waals surface area contributed by atoms with Crippen molar-refractivity contribution in [1.29, 1.82) is 0 Å². The quantitative estimate of drug-likeness (QED) is 0.669. The molecule has 176 valence electrons. The summed E-state index contributed by atoms with van der Waals surface area (Å²) in [5.74, 6) is 2.22. The number of piperidine rings is 1. The van der Waals surface area contributed by atoms with E-state index in [-0.39, 0.29) is 29.6 Å². The van der Waals surface area contributed by atoms with Gasteiger partial charge in [0, 0.05) is 24.4 Å². The summed E-state index contributed by atoms with van der Waals surface area (Å²) in [6, 6.07) is 6.00. The highest BCUT2D eigenvalue weighted by atomic mass is 16.6. The number of hydrogen-bond acceptors (Lipinski definition) is 5. The Labute approximate surface area is 191 Å². The maximum atomic E-state index is 13.2. The Bertz CT molecular complexity index is 868. The first-order valence-corrected chi connectivity index (χ1v) is 11.7. The smallest absolute Gasteiger partial charge is 0.412 e. The summed E-state index contributed by atoms with van der Waals surface area (Å²) >= 11 is 0. The predicted molar refractivity (Wildman–Crippen MR) is 123 cm³/mol. The lowest BCUT2D eigenvalue weighted by molar-refractivity contribution is -0.221. The summed E-state index contributed by atoms with van der Waals surface area (Å²) in [6.07, 6.45) is 6.64. The van der Waals surface area contributed by atoms with Gasteiger partial charge in [-0.2, -0.15) is 0 Å². The molecule has 1 N–H and O–H groups in total. The molecule has 2 aliphatic carbocycles. The van der Waals surface area contributed by atoms with Crippen LogP contribution in [0.2, 0.25) is 0 Å². The van der Waals surface area contributed by atoms with E-state index in [2.05, 4.69) is 31.2 Å². The molecule has 0 aromatic heterocycles. The molecular formula is C26H37NO5. The van der Waals surface area contributed by atoms with Crippen LogP contribution >= 0.6 is 0 Å². The highest BCUT2D eigenvalue weighted by Crippen LogP contribution is 2.57. The normalized spacial score (nSPS) is 34.0. The Hall–Kier alpha value is -2.21. The predicted octanol–water partition coefficient (Wildman–Crippen LogP) is 4.97. The number of rotatable bonds is 3. The molecule has 0 radical (unpaired) electrons. The maximum Gasteiger partial charge on any atom is 0.412 e. The van der Waals surface area contributed by atoms with Crippen LogP contribution in [-0.4, -0.2) is 48.2 Å². The Morgan fingerprint density at radius 2 is 1.78 bits per heavy atom. The summed E-state index contributed by atoms with van der Waals surface area (Å²) in [5.41, 5.74) is -0.686. The molecule has 0 unspecified atom stereocenters. The minimum atomic E-state index is -1.20. The second kappa shape index (κ2) is 8.29. The number of aliphatic hydroxyl groups is 1. The van der Waals surface area contributed by atoms with Crippen LogP contribution in [0.5, 0.6) is 11.5 Å². The number of carbonyl (C=O) groups excluding carboxylic acids is 1. The SMILES string of the molecule is COc1cc(OC)cc([C@H]2C=C[C@H]3CCC[C@]4(O)[C@H]3[C@@H]2[C@@H](C)CN4C(=O)OC(C)(C)C)c1. The molecule has 3 aliphatic rings. The molecule has 4 rings (SSSR count).